The maximum Gasteiger partial charge on any atom is 0.345 e. The minimum absolute atomic E-state index is 0.232. The second-order valence-corrected chi connectivity index (χ2v) is 5.61. The predicted molar refractivity (Wildman–Crippen MR) is 51.4 cm³/mol. The Labute approximate surface area is 88.2 Å². The van der Waals surface area contributed by atoms with Gasteiger partial charge in [0, 0.05) is 6.04 Å². The van der Waals surface area contributed by atoms with Crippen LogP contribution in [0.15, 0.2) is 0 Å². The van der Waals surface area contributed by atoms with Gasteiger partial charge in [0.1, 0.15) is 0 Å². The molecule has 15 heavy (non-hydrogen) atoms. The molecule has 86 valence electrons. The minimum Gasteiger partial charge on any atom is -0.327 e. The Balaban J connectivity index is 1.83. The molecule has 4 aliphatic rings. The molecule has 4 heteroatoms. The Morgan fingerprint density at radius 3 is 2.27 bits per heavy atom. The van der Waals surface area contributed by atoms with E-state index in [1.54, 1.807) is 0 Å². The van der Waals surface area contributed by atoms with Crippen molar-refractivity contribution in [2.75, 3.05) is 0 Å². The van der Waals surface area contributed by atoms with Gasteiger partial charge < -0.3 is 10.5 Å². The van der Waals surface area contributed by atoms with E-state index in [4.69, 9.17) is 10.5 Å². The number of alkyl halides is 2. The van der Waals surface area contributed by atoms with Crippen LogP contribution in [-0.2, 0) is 4.74 Å². The number of nitrogens with two attached hydrogens (primary N) is 1. The van der Waals surface area contributed by atoms with Crippen LogP contribution in [0.4, 0.5) is 8.78 Å². The topological polar surface area (TPSA) is 35.2 Å². The maximum absolute atomic E-state index is 12.4. The summed E-state index contributed by atoms with van der Waals surface area (Å²) in [5.74, 6) is 1.44. The third kappa shape index (κ3) is 1.49. The molecule has 0 radical (unpaired) electrons. The van der Waals surface area contributed by atoms with Crippen LogP contribution < -0.4 is 5.73 Å². The normalized spacial score (nSPS) is 52.8. The minimum atomic E-state index is -2.63. The van der Waals surface area contributed by atoms with Gasteiger partial charge >= 0.3 is 6.61 Å². The zero-order valence-corrected chi connectivity index (χ0v) is 8.66. The quantitative estimate of drug-likeness (QED) is 0.769. The molecule has 0 saturated heterocycles. The molecule has 0 aromatic heterocycles. The average Bonchev–Trinajstić information content (AvgIpc) is 2.10. The summed E-state index contributed by atoms with van der Waals surface area (Å²) in [4.78, 5) is 0. The van der Waals surface area contributed by atoms with Gasteiger partial charge in [-0.3, -0.25) is 0 Å². The van der Waals surface area contributed by atoms with Gasteiger partial charge in [0.15, 0.2) is 0 Å². The van der Waals surface area contributed by atoms with E-state index in [0.717, 1.165) is 32.1 Å². The van der Waals surface area contributed by atoms with Gasteiger partial charge in [-0.15, -0.1) is 0 Å². The van der Waals surface area contributed by atoms with E-state index >= 15 is 0 Å². The largest absolute Gasteiger partial charge is 0.345 e. The summed E-state index contributed by atoms with van der Waals surface area (Å²) >= 11 is 0. The first kappa shape index (κ1) is 9.97. The molecule has 0 aromatic rings. The lowest BCUT2D eigenvalue weighted by atomic mass is 9.52. The van der Waals surface area contributed by atoms with Gasteiger partial charge in [-0.05, 0) is 49.9 Å². The van der Waals surface area contributed by atoms with Gasteiger partial charge in [-0.25, -0.2) is 0 Å². The molecule has 4 fully saturated rings. The molecule has 1 unspecified atom stereocenters. The molecular weight excluding hydrogens is 200 g/mol. The SMILES string of the molecule is N[C@H]1[C@@H]2CC3C[C@H]1C[C@@](OC(F)F)(C3)C2. The molecule has 0 aliphatic heterocycles. The second kappa shape index (κ2) is 3.14. The van der Waals surface area contributed by atoms with Crippen molar-refractivity contribution in [1.82, 2.24) is 0 Å². The van der Waals surface area contributed by atoms with E-state index < -0.39 is 12.2 Å². The molecular formula is C11H17F2NO. The summed E-state index contributed by atoms with van der Waals surface area (Å²) in [6.45, 7) is -2.63. The van der Waals surface area contributed by atoms with E-state index in [1.807, 2.05) is 0 Å². The number of ether oxygens (including phenoxy) is 1. The molecule has 4 bridgehead atoms. The van der Waals surface area contributed by atoms with Crippen molar-refractivity contribution in [1.29, 1.82) is 0 Å². The van der Waals surface area contributed by atoms with Gasteiger partial charge in [0.05, 0.1) is 5.60 Å². The highest BCUT2D eigenvalue weighted by Crippen LogP contribution is 2.56. The van der Waals surface area contributed by atoms with Gasteiger partial charge in [-0.1, -0.05) is 0 Å². The van der Waals surface area contributed by atoms with Crippen LogP contribution in [0.1, 0.15) is 32.1 Å². The zero-order chi connectivity index (χ0) is 10.6. The van der Waals surface area contributed by atoms with Gasteiger partial charge in [0.25, 0.3) is 0 Å². The molecule has 0 amide bonds. The standard InChI is InChI=1S/C11H17F2NO/c12-10(13)15-11-3-6-1-7(4-11)9(14)8(2-6)5-11/h6-10H,1-5,14H2/t6?,7-,8+,9+,11-. The highest BCUT2D eigenvalue weighted by Gasteiger charge is 2.55. The molecule has 2 nitrogen and oxygen atoms in total. The Morgan fingerprint density at radius 2 is 1.73 bits per heavy atom. The molecule has 0 aromatic carbocycles. The lowest BCUT2D eigenvalue weighted by Crippen LogP contribution is -2.60. The van der Waals surface area contributed by atoms with E-state index in [-0.39, 0.29) is 6.04 Å². The molecule has 0 heterocycles. The highest BCUT2D eigenvalue weighted by molar-refractivity contribution is 5.07. The Morgan fingerprint density at radius 1 is 1.13 bits per heavy atom. The van der Waals surface area contributed by atoms with Crippen molar-refractivity contribution in [2.24, 2.45) is 23.5 Å². The lowest BCUT2D eigenvalue weighted by Gasteiger charge is -2.58. The Kier molecular flexibility index (Phi) is 2.09. The lowest BCUT2D eigenvalue weighted by molar-refractivity contribution is -0.259. The number of rotatable bonds is 2. The number of hydrogen-bond acceptors (Lipinski definition) is 2. The molecule has 4 aliphatic carbocycles. The third-order valence-corrected chi connectivity index (χ3v) is 4.63. The molecule has 5 atom stereocenters. The van der Waals surface area contributed by atoms with E-state index in [9.17, 15) is 8.78 Å². The number of halogens is 2. The highest BCUT2D eigenvalue weighted by atomic mass is 19.3. The predicted octanol–water partition coefficient (Wildman–Crippen LogP) is 2.13. The van der Waals surface area contributed by atoms with Crippen LogP contribution >= 0.6 is 0 Å². The fourth-order valence-electron chi connectivity index (χ4n) is 4.32. The van der Waals surface area contributed by atoms with Crippen molar-refractivity contribution in [3.8, 4) is 0 Å². The van der Waals surface area contributed by atoms with Gasteiger partial charge in [0.2, 0.25) is 0 Å². The Bertz CT molecular complexity index is 251. The monoisotopic (exact) mass is 217 g/mol. The van der Waals surface area contributed by atoms with Gasteiger partial charge in [-0.2, -0.15) is 8.78 Å². The van der Waals surface area contributed by atoms with Crippen molar-refractivity contribution in [3.05, 3.63) is 0 Å². The van der Waals surface area contributed by atoms with Crippen LogP contribution in [-0.4, -0.2) is 18.3 Å². The second-order valence-electron chi connectivity index (χ2n) is 5.61. The van der Waals surface area contributed by atoms with Crippen molar-refractivity contribution in [3.63, 3.8) is 0 Å². The summed E-state index contributed by atoms with van der Waals surface area (Å²) in [6.07, 6.45) is 4.60. The maximum atomic E-state index is 12.4. The van der Waals surface area contributed by atoms with Crippen LogP contribution in [0.3, 0.4) is 0 Å². The smallest absolute Gasteiger partial charge is 0.327 e. The first-order chi connectivity index (χ1) is 7.08. The molecule has 4 rings (SSSR count). The van der Waals surface area contributed by atoms with Crippen molar-refractivity contribution >= 4 is 0 Å². The molecule has 0 spiro atoms. The Hall–Kier alpha value is -0.220. The summed E-state index contributed by atoms with van der Waals surface area (Å²) in [6, 6.07) is 0.232. The van der Waals surface area contributed by atoms with E-state index in [2.05, 4.69) is 0 Å². The molecule has 2 N–H and O–H groups in total. The zero-order valence-electron chi connectivity index (χ0n) is 8.66. The first-order valence-electron chi connectivity index (χ1n) is 5.79. The van der Waals surface area contributed by atoms with Crippen LogP contribution in [0.25, 0.3) is 0 Å². The summed E-state index contributed by atoms with van der Waals surface area (Å²) in [7, 11) is 0. The van der Waals surface area contributed by atoms with E-state index in [1.165, 1.54) is 0 Å². The average molecular weight is 217 g/mol. The molecule has 4 saturated carbocycles. The van der Waals surface area contributed by atoms with Crippen molar-refractivity contribution in [2.45, 2.75) is 50.4 Å². The fourth-order valence-corrected chi connectivity index (χ4v) is 4.32. The van der Waals surface area contributed by atoms with Crippen LogP contribution in [0.2, 0.25) is 0 Å². The fraction of sp³-hybridized carbons (Fsp3) is 1.00. The summed E-state index contributed by atoms with van der Waals surface area (Å²) in [5.41, 5.74) is 5.59. The van der Waals surface area contributed by atoms with Crippen molar-refractivity contribution < 1.29 is 13.5 Å². The third-order valence-electron chi connectivity index (χ3n) is 4.63. The van der Waals surface area contributed by atoms with E-state index in [0.29, 0.717) is 17.8 Å². The number of hydrogen-bond donors (Lipinski definition) is 1. The first-order valence-corrected chi connectivity index (χ1v) is 5.79. The summed E-state index contributed by atoms with van der Waals surface area (Å²) < 4.78 is 29.7. The van der Waals surface area contributed by atoms with Crippen LogP contribution in [0, 0.1) is 17.8 Å². The summed E-state index contributed by atoms with van der Waals surface area (Å²) in [5, 5.41) is 0. The van der Waals surface area contributed by atoms with Crippen LogP contribution in [0.5, 0.6) is 0 Å².